The van der Waals surface area contributed by atoms with Crippen molar-refractivity contribution in [3.63, 3.8) is 0 Å². The van der Waals surface area contributed by atoms with Crippen LogP contribution in [0.4, 0.5) is 0 Å². The van der Waals surface area contributed by atoms with Gasteiger partial charge in [0.15, 0.2) is 0 Å². The predicted octanol–water partition coefficient (Wildman–Crippen LogP) is 2.96. The molecule has 6 heteroatoms. The van der Waals surface area contributed by atoms with Gasteiger partial charge < -0.3 is 15.3 Å². The standard InChI is InChI=1S/C18H19N3O2S/c1-21(2)7-6-20-18(23)14-10-16(24-11-14)13-8-12-4-3-5-19-17(12)15(22)9-13/h3-5,8-11,22H,6-7H2,1-2H3,(H,20,23). The number of thiophene rings is 1. The molecule has 0 aliphatic rings. The summed E-state index contributed by atoms with van der Waals surface area (Å²) in [5, 5.41) is 15.8. The molecule has 1 amide bonds. The Labute approximate surface area is 144 Å². The van der Waals surface area contributed by atoms with Crippen molar-refractivity contribution in [1.82, 2.24) is 15.2 Å². The third kappa shape index (κ3) is 3.55. The highest BCUT2D eigenvalue weighted by molar-refractivity contribution is 7.13. The minimum atomic E-state index is -0.0778. The quantitative estimate of drug-likeness (QED) is 0.749. The fourth-order valence-electron chi connectivity index (χ4n) is 2.42. The lowest BCUT2D eigenvalue weighted by atomic mass is 10.1. The van der Waals surface area contributed by atoms with Crippen LogP contribution in [0.5, 0.6) is 5.75 Å². The molecule has 1 aromatic carbocycles. The average molecular weight is 341 g/mol. The molecule has 0 unspecified atom stereocenters. The van der Waals surface area contributed by atoms with Gasteiger partial charge in [0.25, 0.3) is 5.91 Å². The highest BCUT2D eigenvalue weighted by atomic mass is 32.1. The Hall–Kier alpha value is -2.44. The third-order valence-corrected chi connectivity index (χ3v) is 4.65. The third-order valence-electron chi connectivity index (χ3n) is 3.68. The summed E-state index contributed by atoms with van der Waals surface area (Å²) in [5.41, 5.74) is 2.10. The van der Waals surface area contributed by atoms with Crippen LogP contribution in [0.2, 0.25) is 0 Å². The predicted molar refractivity (Wildman–Crippen MR) is 97.6 cm³/mol. The summed E-state index contributed by atoms with van der Waals surface area (Å²) in [6, 6.07) is 9.26. The molecule has 0 saturated carbocycles. The first-order chi connectivity index (χ1) is 11.5. The lowest BCUT2D eigenvalue weighted by Crippen LogP contribution is -2.31. The fraction of sp³-hybridized carbons (Fsp3) is 0.222. The van der Waals surface area contributed by atoms with Crippen LogP contribution in [0.3, 0.4) is 0 Å². The van der Waals surface area contributed by atoms with Crippen LogP contribution in [-0.4, -0.2) is 48.1 Å². The normalized spacial score (nSPS) is 11.1. The van der Waals surface area contributed by atoms with Gasteiger partial charge in [-0.15, -0.1) is 11.3 Å². The Morgan fingerprint density at radius 2 is 2.17 bits per heavy atom. The molecule has 0 saturated heterocycles. The summed E-state index contributed by atoms with van der Waals surface area (Å²) in [6.45, 7) is 1.41. The summed E-state index contributed by atoms with van der Waals surface area (Å²) >= 11 is 1.49. The van der Waals surface area contributed by atoms with Gasteiger partial charge in [0.1, 0.15) is 11.3 Å². The molecule has 0 bridgehead atoms. The number of phenolic OH excluding ortho intramolecular Hbond substituents is 1. The van der Waals surface area contributed by atoms with Gasteiger partial charge in [0.05, 0.1) is 5.56 Å². The second kappa shape index (κ2) is 6.98. The summed E-state index contributed by atoms with van der Waals surface area (Å²) in [6.07, 6.45) is 1.66. The van der Waals surface area contributed by atoms with Gasteiger partial charge in [-0.05, 0) is 43.9 Å². The summed E-state index contributed by atoms with van der Waals surface area (Å²) in [4.78, 5) is 19.3. The number of carbonyl (C=O) groups is 1. The lowest BCUT2D eigenvalue weighted by Gasteiger charge is -2.09. The van der Waals surface area contributed by atoms with Gasteiger partial charge >= 0.3 is 0 Å². The highest BCUT2D eigenvalue weighted by Gasteiger charge is 2.12. The van der Waals surface area contributed by atoms with E-state index in [1.807, 2.05) is 48.6 Å². The van der Waals surface area contributed by atoms with E-state index < -0.39 is 0 Å². The van der Waals surface area contributed by atoms with Crippen LogP contribution in [0.1, 0.15) is 10.4 Å². The number of carbonyl (C=O) groups excluding carboxylic acids is 1. The van der Waals surface area contributed by atoms with Crippen molar-refractivity contribution < 1.29 is 9.90 Å². The van der Waals surface area contributed by atoms with Gasteiger partial charge in [-0.2, -0.15) is 0 Å². The molecule has 5 nitrogen and oxygen atoms in total. The maximum Gasteiger partial charge on any atom is 0.252 e. The van der Waals surface area contributed by atoms with Gasteiger partial charge in [0, 0.05) is 34.9 Å². The molecule has 124 valence electrons. The molecule has 0 spiro atoms. The van der Waals surface area contributed by atoms with Crippen LogP contribution >= 0.6 is 11.3 Å². The van der Waals surface area contributed by atoms with Crippen molar-refractivity contribution in [3.8, 4) is 16.2 Å². The van der Waals surface area contributed by atoms with E-state index in [2.05, 4.69) is 10.3 Å². The van der Waals surface area contributed by atoms with Crippen LogP contribution in [0.25, 0.3) is 21.3 Å². The highest BCUT2D eigenvalue weighted by Crippen LogP contribution is 2.33. The largest absolute Gasteiger partial charge is 0.506 e. The molecule has 2 heterocycles. The second-order valence-electron chi connectivity index (χ2n) is 5.83. The minimum Gasteiger partial charge on any atom is -0.506 e. The lowest BCUT2D eigenvalue weighted by molar-refractivity contribution is 0.0951. The Morgan fingerprint density at radius 3 is 2.96 bits per heavy atom. The van der Waals surface area contributed by atoms with E-state index >= 15 is 0 Å². The molecule has 24 heavy (non-hydrogen) atoms. The Bertz CT molecular complexity index is 874. The van der Waals surface area contributed by atoms with Crippen LogP contribution in [0.15, 0.2) is 41.9 Å². The molecule has 3 rings (SSSR count). The van der Waals surface area contributed by atoms with Crippen molar-refractivity contribution >= 4 is 28.1 Å². The number of phenols is 1. The van der Waals surface area contributed by atoms with E-state index in [9.17, 15) is 9.90 Å². The first-order valence-corrected chi connectivity index (χ1v) is 8.52. The number of nitrogens with zero attached hydrogens (tertiary/aromatic N) is 2. The van der Waals surface area contributed by atoms with Crippen molar-refractivity contribution in [2.75, 3.05) is 27.2 Å². The number of benzene rings is 1. The van der Waals surface area contributed by atoms with E-state index in [4.69, 9.17) is 0 Å². The van der Waals surface area contributed by atoms with E-state index in [1.165, 1.54) is 11.3 Å². The van der Waals surface area contributed by atoms with Crippen LogP contribution in [0, 0.1) is 0 Å². The molecule has 0 aliphatic heterocycles. The molecular formula is C18H19N3O2S. The Kier molecular flexibility index (Phi) is 4.78. The van der Waals surface area contributed by atoms with E-state index in [1.54, 1.807) is 12.3 Å². The Balaban J connectivity index is 1.81. The van der Waals surface area contributed by atoms with Gasteiger partial charge in [-0.3, -0.25) is 9.78 Å². The molecule has 0 fully saturated rings. The molecule has 0 atom stereocenters. The molecule has 3 aromatic rings. The number of nitrogens with one attached hydrogen (secondary N) is 1. The summed E-state index contributed by atoms with van der Waals surface area (Å²) < 4.78 is 0. The Morgan fingerprint density at radius 1 is 1.33 bits per heavy atom. The van der Waals surface area contributed by atoms with Gasteiger partial charge in [-0.1, -0.05) is 6.07 Å². The summed E-state index contributed by atoms with van der Waals surface area (Å²) in [7, 11) is 3.94. The SMILES string of the molecule is CN(C)CCNC(=O)c1csc(-c2cc(O)c3ncccc3c2)c1. The number of hydrogen-bond donors (Lipinski definition) is 2. The minimum absolute atomic E-state index is 0.0778. The van der Waals surface area contributed by atoms with Crippen LogP contribution < -0.4 is 5.32 Å². The first-order valence-electron chi connectivity index (χ1n) is 7.64. The maximum atomic E-state index is 12.2. The molecule has 0 aliphatic carbocycles. The summed E-state index contributed by atoms with van der Waals surface area (Å²) in [5.74, 6) is 0.0690. The second-order valence-corrected chi connectivity index (χ2v) is 6.74. The maximum absolute atomic E-state index is 12.2. The van der Waals surface area contributed by atoms with Crippen molar-refractivity contribution in [2.24, 2.45) is 0 Å². The molecule has 2 N–H and O–H groups in total. The van der Waals surface area contributed by atoms with E-state index in [0.717, 1.165) is 22.4 Å². The number of hydrogen-bond acceptors (Lipinski definition) is 5. The number of rotatable bonds is 5. The number of amides is 1. The number of pyridine rings is 1. The fourth-order valence-corrected chi connectivity index (χ4v) is 3.30. The zero-order valence-corrected chi connectivity index (χ0v) is 14.4. The molecule has 2 aromatic heterocycles. The average Bonchev–Trinajstić information content (AvgIpc) is 3.04. The van der Waals surface area contributed by atoms with Gasteiger partial charge in [-0.25, -0.2) is 0 Å². The zero-order valence-electron chi connectivity index (χ0n) is 13.6. The zero-order chi connectivity index (χ0) is 17.1. The number of aromatic hydroxyl groups is 1. The van der Waals surface area contributed by atoms with Gasteiger partial charge in [0.2, 0.25) is 0 Å². The van der Waals surface area contributed by atoms with Crippen molar-refractivity contribution in [3.05, 3.63) is 47.5 Å². The molecular weight excluding hydrogens is 322 g/mol. The van der Waals surface area contributed by atoms with E-state index in [-0.39, 0.29) is 11.7 Å². The van der Waals surface area contributed by atoms with Crippen molar-refractivity contribution in [1.29, 1.82) is 0 Å². The number of fused-ring (bicyclic) bond motifs is 1. The monoisotopic (exact) mass is 341 g/mol. The number of aromatic nitrogens is 1. The van der Waals surface area contributed by atoms with Crippen molar-refractivity contribution in [2.45, 2.75) is 0 Å². The smallest absolute Gasteiger partial charge is 0.252 e. The number of likely N-dealkylation sites (N-methyl/N-ethyl adjacent to an activating group) is 1. The van der Waals surface area contributed by atoms with Crippen LogP contribution in [-0.2, 0) is 0 Å². The topological polar surface area (TPSA) is 65.5 Å². The van der Waals surface area contributed by atoms with E-state index in [0.29, 0.717) is 17.6 Å². The molecule has 0 radical (unpaired) electrons. The first kappa shape index (κ1) is 16.4.